The number of halogens is 1. The maximum Gasteiger partial charge on any atom is 0.175 e. The van der Waals surface area contributed by atoms with Gasteiger partial charge in [-0.15, -0.1) is 0 Å². The second-order valence-corrected chi connectivity index (χ2v) is 7.23. The van der Waals surface area contributed by atoms with E-state index >= 15 is 0 Å². The van der Waals surface area contributed by atoms with Crippen LogP contribution in [0.25, 0.3) is 0 Å². The van der Waals surface area contributed by atoms with Crippen LogP contribution in [0.15, 0.2) is 57.2 Å². The second-order valence-electron chi connectivity index (χ2n) is 4.10. The zero-order valence-corrected chi connectivity index (χ0v) is 12.1. The van der Waals surface area contributed by atoms with Crippen LogP contribution in [-0.2, 0) is 9.84 Å². The van der Waals surface area contributed by atoms with Gasteiger partial charge in [0.15, 0.2) is 9.84 Å². The molecule has 0 unspecified atom stereocenters. The Morgan fingerprint density at radius 2 is 1.80 bits per heavy atom. The third-order valence-corrected chi connectivity index (χ3v) is 4.75. The van der Waals surface area contributed by atoms with Crippen molar-refractivity contribution in [3.63, 3.8) is 0 Å². The summed E-state index contributed by atoms with van der Waals surface area (Å²) in [5.74, 6) is -0.460. The first-order valence-electron chi connectivity index (χ1n) is 5.58. The summed E-state index contributed by atoms with van der Waals surface area (Å²) in [5, 5.41) is 8.96. The highest BCUT2D eigenvalue weighted by atomic mass is 32.2. The third kappa shape index (κ3) is 3.38. The van der Waals surface area contributed by atoms with E-state index in [-0.39, 0.29) is 10.5 Å². The van der Waals surface area contributed by atoms with E-state index in [0.717, 1.165) is 11.2 Å². The summed E-state index contributed by atoms with van der Waals surface area (Å²) in [6.07, 6.45) is 1.14. The predicted octanol–water partition coefficient (Wildman–Crippen LogP) is 3.25. The van der Waals surface area contributed by atoms with Gasteiger partial charge in [-0.05, 0) is 42.5 Å². The lowest BCUT2D eigenvalue weighted by molar-refractivity contribution is 0.602. The summed E-state index contributed by atoms with van der Waals surface area (Å²) >= 11 is 1.28. The molecule has 0 heterocycles. The van der Waals surface area contributed by atoms with E-state index in [0.29, 0.717) is 4.90 Å². The van der Waals surface area contributed by atoms with Gasteiger partial charge < -0.3 is 0 Å². The van der Waals surface area contributed by atoms with Gasteiger partial charge in [0.05, 0.1) is 10.5 Å². The highest BCUT2D eigenvalue weighted by molar-refractivity contribution is 7.99. The fraction of sp³-hybridized carbons (Fsp3) is 0.0714. The molecule has 0 saturated carbocycles. The van der Waals surface area contributed by atoms with Crippen molar-refractivity contribution >= 4 is 21.6 Å². The number of hydrogen-bond donors (Lipinski definition) is 0. The minimum absolute atomic E-state index is 0.237. The normalized spacial score (nSPS) is 11.1. The molecule has 2 aromatic rings. The van der Waals surface area contributed by atoms with Crippen LogP contribution in [0.1, 0.15) is 5.56 Å². The van der Waals surface area contributed by atoms with Crippen molar-refractivity contribution in [3.05, 3.63) is 53.8 Å². The van der Waals surface area contributed by atoms with E-state index in [2.05, 4.69) is 0 Å². The first kappa shape index (κ1) is 14.6. The minimum Gasteiger partial charge on any atom is -0.224 e. The fourth-order valence-corrected chi connectivity index (χ4v) is 3.07. The smallest absolute Gasteiger partial charge is 0.175 e. The molecule has 0 aliphatic rings. The van der Waals surface area contributed by atoms with Crippen molar-refractivity contribution in [3.8, 4) is 6.07 Å². The minimum atomic E-state index is -3.22. The highest BCUT2D eigenvalue weighted by Crippen LogP contribution is 2.31. The fourth-order valence-electron chi connectivity index (χ4n) is 1.56. The molecule has 20 heavy (non-hydrogen) atoms. The summed E-state index contributed by atoms with van der Waals surface area (Å²) in [6, 6.07) is 12.3. The number of sulfone groups is 1. The van der Waals surface area contributed by atoms with Gasteiger partial charge in [-0.1, -0.05) is 11.8 Å². The van der Waals surface area contributed by atoms with Crippen LogP contribution in [0.3, 0.4) is 0 Å². The summed E-state index contributed by atoms with van der Waals surface area (Å²) in [4.78, 5) is 1.64. The molecule has 0 N–H and O–H groups in total. The van der Waals surface area contributed by atoms with E-state index in [1.54, 1.807) is 12.1 Å². The molecule has 102 valence electrons. The third-order valence-electron chi connectivity index (χ3n) is 2.54. The molecule has 0 amide bonds. The molecule has 0 spiro atoms. The van der Waals surface area contributed by atoms with Gasteiger partial charge >= 0.3 is 0 Å². The summed E-state index contributed by atoms with van der Waals surface area (Å²) in [5.41, 5.74) is 0.252. The average Bonchev–Trinajstić information content (AvgIpc) is 2.40. The maximum atomic E-state index is 13.0. The number of nitrogens with zero attached hydrogens (tertiary/aromatic N) is 1. The first-order chi connectivity index (χ1) is 9.40. The molecule has 0 aliphatic heterocycles. The maximum absolute atomic E-state index is 13.0. The van der Waals surface area contributed by atoms with Crippen LogP contribution in [0.5, 0.6) is 0 Å². The van der Waals surface area contributed by atoms with E-state index in [9.17, 15) is 12.8 Å². The van der Waals surface area contributed by atoms with Crippen LogP contribution in [0.4, 0.5) is 4.39 Å². The van der Waals surface area contributed by atoms with E-state index in [1.165, 1.54) is 42.1 Å². The Morgan fingerprint density at radius 3 is 2.35 bits per heavy atom. The Labute approximate surface area is 121 Å². The molecule has 0 radical (unpaired) electrons. The quantitative estimate of drug-likeness (QED) is 0.873. The lowest BCUT2D eigenvalue weighted by Gasteiger charge is -2.05. The zero-order chi connectivity index (χ0) is 14.8. The zero-order valence-electron chi connectivity index (χ0n) is 10.5. The molecular weight excluding hydrogens is 297 g/mol. The molecule has 0 atom stereocenters. The van der Waals surface area contributed by atoms with Crippen LogP contribution in [0.2, 0.25) is 0 Å². The van der Waals surface area contributed by atoms with E-state index in [1.807, 2.05) is 6.07 Å². The highest BCUT2D eigenvalue weighted by Gasteiger charge is 2.09. The van der Waals surface area contributed by atoms with Crippen LogP contribution < -0.4 is 0 Å². The van der Waals surface area contributed by atoms with Crippen molar-refractivity contribution in [1.82, 2.24) is 0 Å². The van der Waals surface area contributed by atoms with Crippen LogP contribution in [0, 0.1) is 17.1 Å². The molecule has 0 aliphatic carbocycles. The predicted molar refractivity (Wildman–Crippen MR) is 74.8 cm³/mol. The Kier molecular flexibility index (Phi) is 4.12. The number of hydrogen-bond acceptors (Lipinski definition) is 4. The summed E-state index contributed by atoms with van der Waals surface area (Å²) < 4.78 is 35.7. The van der Waals surface area contributed by atoms with Crippen LogP contribution in [-0.4, -0.2) is 14.7 Å². The first-order valence-corrected chi connectivity index (χ1v) is 8.28. The van der Waals surface area contributed by atoms with Gasteiger partial charge in [0, 0.05) is 16.0 Å². The van der Waals surface area contributed by atoms with Crippen molar-refractivity contribution in [2.45, 2.75) is 14.7 Å². The number of nitriles is 1. The van der Waals surface area contributed by atoms with Crippen molar-refractivity contribution in [2.24, 2.45) is 0 Å². The largest absolute Gasteiger partial charge is 0.224 e. The van der Waals surface area contributed by atoms with Gasteiger partial charge in [-0.2, -0.15) is 5.26 Å². The standard InChI is InChI=1S/C14H10FNO2S2/c1-20(17,18)13-5-3-12(4-6-13)19-14-7-2-11(15)8-10(14)9-16/h2-8H,1H3. The Morgan fingerprint density at radius 1 is 1.15 bits per heavy atom. The van der Waals surface area contributed by atoms with Gasteiger partial charge in [0.2, 0.25) is 0 Å². The summed E-state index contributed by atoms with van der Waals surface area (Å²) in [7, 11) is -3.22. The Bertz CT molecular complexity index is 778. The number of benzene rings is 2. The van der Waals surface area contributed by atoms with Crippen LogP contribution >= 0.6 is 11.8 Å². The Hall–Kier alpha value is -1.84. The van der Waals surface area contributed by atoms with Gasteiger partial charge in [0.25, 0.3) is 0 Å². The molecule has 0 aromatic heterocycles. The molecule has 2 aromatic carbocycles. The van der Waals surface area contributed by atoms with Gasteiger partial charge in [-0.25, -0.2) is 12.8 Å². The van der Waals surface area contributed by atoms with E-state index in [4.69, 9.17) is 5.26 Å². The van der Waals surface area contributed by atoms with E-state index < -0.39 is 15.7 Å². The monoisotopic (exact) mass is 307 g/mol. The second kappa shape index (κ2) is 5.65. The molecule has 2 rings (SSSR count). The number of rotatable bonds is 3. The van der Waals surface area contributed by atoms with Gasteiger partial charge in [-0.3, -0.25) is 0 Å². The SMILES string of the molecule is CS(=O)(=O)c1ccc(Sc2ccc(F)cc2C#N)cc1. The Balaban J connectivity index is 2.30. The summed E-state index contributed by atoms with van der Waals surface area (Å²) in [6.45, 7) is 0. The van der Waals surface area contributed by atoms with Gasteiger partial charge in [0.1, 0.15) is 11.9 Å². The average molecular weight is 307 g/mol. The van der Waals surface area contributed by atoms with Crippen molar-refractivity contribution < 1.29 is 12.8 Å². The lowest BCUT2D eigenvalue weighted by atomic mass is 10.2. The molecule has 3 nitrogen and oxygen atoms in total. The molecule has 0 fully saturated rings. The van der Waals surface area contributed by atoms with Crippen molar-refractivity contribution in [2.75, 3.05) is 6.26 Å². The molecule has 6 heteroatoms. The molecule has 0 bridgehead atoms. The molecule has 0 saturated heterocycles. The topological polar surface area (TPSA) is 57.9 Å². The lowest BCUT2D eigenvalue weighted by Crippen LogP contribution is -1.96. The molecular formula is C14H10FNO2S2. The van der Waals surface area contributed by atoms with Crippen molar-refractivity contribution in [1.29, 1.82) is 5.26 Å².